The Bertz CT molecular complexity index is 823. The predicted molar refractivity (Wildman–Crippen MR) is 100 cm³/mol. The summed E-state index contributed by atoms with van der Waals surface area (Å²) in [5, 5.41) is 5.49. The quantitative estimate of drug-likeness (QED) is 0.727. The summed E-state index contributed by atoms with van der Waals surface area (Å²) in [4.78, 5) is 16.8. The molecular weight excluding hydrogens is 354 g/mol. The monoisotopic (exact) mass is 377 g/mol. The normalized spacial score (nSPS) is 12.6. The molecule has 7 nitrogen and oxygen atoms in total. The Hall–Kier alpha value is -2.42. The Morgan fingerprint density at radius 3 is 2.31 bits per heavy atom. The minimum atomic E-state index is -3.70. The van der Waals surface area contributed by atoms with Crippen molar-refractivity contribution in [2.45, 2.75) is 17.7 Å². The minimum Gasteiger partial charge on any atom is -0.337 e. The van der Waals surface area contributed by atoms with Crippen molar-refractivity contribution >= 4 is 21.7 Å². The number of benzene rings is 2. The van der Waals surface area contributed by atoms with Gasteiger partial charge in [0.05, 0.1) is 12.0 Å². The number of nitrogens with zero attached hydrogens (tertiary/aromatic N) is 1. The summed E-state index contributed by atoms with van der Waals surface area (Å²) in [7, 11) is -1.12. The van der Waals surface area contributed by atoms with Gasteiger partial charge in [0.1, 0.15) is 0 Å². The summed E-state index contributed by atoms with van der Waals surface area (Å²) < 4.78 is 25.0. The molecule has 2 aromatic rings. The second-order valence-electron chi connectivity index (χ2n) is 5.77. The van der Waals surface area contributed by atoms with Crippen LogP contribution in [0.1, 0.15) is 18.4 Å². The fraction of sp³-hybridized carbons (Fsp3) is 0.278. The molecule has 1 unspecified atom stereocenters. The van der Waals surface area contributed by atoms with Gasteiger partial charge in [-0.3, -0.25) is 4.84 Å². The standard InChI is InChI=1S/C18H23N3O4S/c1-14(15-7-5-4-6-8-15)13-19-18(22)20-16-9-11-17(12-10-16)26(23,24)21(2)25-3/h4-12,14H,13H2,1-3H3,(H2,19,20,22). The lowest BCUT2D eigenvalue weighted by Crippen LogP contribution is -2.31. The summed E-state index contributed by atoms with van der Waals surface area (Å²) in [5.74, 6) is 0.180. The highest BCUT2D eigenvalue weighted by atomic mass is 32.2. The molecule has 2 N–H and O–H groups in total. The van der Waals surface area contributed by atoms with Crippen LogP contribution in [0.25, 0.3) is 0 Å². The molecule has 0 aliphatic rings. The Balaban J connectivity index is 1.91. The van der Waals surface area contributed by atoms with Crippen molar-refractivity contribution in [3.05, 3.63) is 60.2 Å². The van der Waals surface area contributed by atoms with Crippen LogP contribution in [0.4, 0.5) is 10.5 Å². The van der Waals surface area contributed by atoms with Gasteiger partial charge in [-0.05, 0) is 35.7 Å². The Kier molecular flexibility index (Phi) is 6.73. The third-order valence-corrected chi connectivity index (χ3v) is 5.64. The van der Waals surface area contributed by atoms with Crippen LogP contribution in [0.5, 0.6) is 0 Å². The second kappa shape index (κ2) is 8.79. The lowest BCUT2D eigenvalue weighted by molar-refractivity contribution is -0.0258. The average molecular weight is 377 g/mol. The molecule has 8 heteroatoms. The first-order valence-electron chi connectivity index (χ1n) is 8.07. The smallest absolute Gasteiger partial charge is 0.319 e. The largest absolute Gasteiger partial charge is 0.337 e. The number of carbonyl (C=O) groups is 1. The molecule has 26 heavy (non-hydrogen) atoms. The van der Waals surface area contributed by atoms with E-state index in [9.17, 15) is 13.2 Å². The molecule has 0 aromatic heterocycles. The van der Waals surface area contributed by atoms with E-state index in [0.29, 0.717) is 12.2 Å². The lowest BCUT2D eigenvalue weighted by Gasteiger charge is -2.15. The summed E-state index contributed by atoms with van der Waals surface area (Å²) in [5.41, 5.74) is 1.64. The summed E-state index contributed by atoms with van der Waals surface area (Å²) in [6.45, 7) is 2.52. The zero-order chi connectivity index (χ0) is 19.2. The van der Waals surface area contributed by atoms with Crippen LogP contribution in [0.3, 0.4) is 0 Å². The van der Waals surface area contributed by atoms with E-state index in [4.69, 9.17) is 4.84 Å². The first-order chi connectivity index (χ1) is 12.3. The van der Waals surface area contributed by atoms with Crippen LogP contribution in [0, 0.1) is 0 Å². The maximum absolute atomic E-state index is 12.1. The van der Waals surface area contributed by atoms with E-state index in [2.05, 4.69) is 10.6 Å². The van der Waals surface area contributed by atoms with Crippen molar-refractivity contribution in [2.75, 3.05) is 26.0 Å². The molecule has 2 aromatic carbocycles. The fourth-order valence-electron chi connectivity index (χ4n) is 2.28. The van der Waals surface area contributed by atoms with E-state index < -0.39 is 10.0 Å². The van der Waals surface area contributed by atoms with Gasteiger partial charge < -0.3 is 10.6 Å². The van der Waals surface area contributed by atoms with E-state index in [1.54, 1.807) is 0 Å². The molecule has 0 fully saturated rings. The van der Waals surface area contributed by atoms with Gasteiger partial charge in [0, 0.05) is 19.3 Å². The summed E-state index contributed by atoms with van der Waals surface area (Å²) in [6, 6.07) is 15.4. The summed E-state index contributed by atoms with van der Waals surface area (Å²) in [6.07, 6.45) is 0. The highest BCUT2D eigenvalue weighted by Gasteiger charge is 2.20. The van der Waals surface area contributed by atoms with Gasteiger partial charge in [-0.25, -0.2) is 13.2 Å². The number of hydrogen-bond donors (Lipinski definition) is 2. The maximum atomic E-state index is 12.1. The molecule has 0 bridgehead atoms. The van der Waals surface area contributed by atoms with Crippen LogP contribution < -0.4 is 10.6 Å². The number of nitrogens with one attached hydrogen (secondary N) is 2. The van der Waals surface area contributed by atoms with Crippen LogP contribution in [0.2, 0.25) is 0 Å². The highest BCUT2D eigenvalue weighted by Crippen LogP contribution is 2.17. The Labute approximate surface area is 154 Å². The Morgan fingerprint density at radius 1 is 1.12 bits per heavy atom. The van der Waals surface area contributed by atoms with Crippen molar-refractivity contribution < 1.29 is 18.0 Å². The molecule has 0 saturated heterocycles. The van der Waals surface area contributed by atoms with Gasteiger partial charge in [-0.1, -0.05) is 41.7 Å². The number of rotatable bonds is 7. The van der Waals surface area contributed by atoms with Crippen LogP contribution >= 0.6 is 0 Å². The molecule has 1 atom stereocenters. The first kappa shape index (κ1) is 19.9. The van der Waals surface area contributed by atoms with Gasteiger partial charge in [-0.15, -0.1) is 0 Å². The number of amides is 2. The zero-order valence-electron chi connectivity index (χ0n) is 15.0. The molecule has 2 rings (SSSR count). The molecular formula is C18H23N3O4S. The molecule has 140 valence electrons. The SMILES string of the molecule is CON(C)S(=O)(=O)c1ccc(NC(=O)NCC(C)c2ccccc2)cc1. The molecule has 0 radical (unpaired) electrons. The summed E-state index contributed by atoms with van der Waals surface area (Å²) >= 11 is 0. The lowest BCUT2D eigenvalue weighted by atomic mass is 10.0. The average Bonchev–Trinajstić information content (AvgIpc) is 2.66. The van der Waals surface area contributed by atoms with Crippen molar-refractivity contribution in [3.63, 3.8) is 0 Å². The number of hydroxylamine groups is 1. The minimum absolute atomic E-state index is 0.0745. The Morgan fingerprint density at radius 2 is 1.73 bits per heavy atom. The third kappa shape index (κ3) is 5.04. The van der Waals surface area contributed by atoms with Crippen LogP contribution in [0.15, 0.2) is 59.5 Å². The van der Waals surface area contributed by atoms with Crippen LogP contribution in [-0.4, -0.2) is 39.6 Å². The second-order valence-corrected chi connectivity index (χ2v) is 7.70. The van der Waals surface area contributed by atoms with Gasteiger partial charge >= 0.3 is 6.03 Å². The number of urea groups is 1. The number of sulfonamides is 1. The van der Waals surface area contributed by atoms with E-state index in [1.807, 2.05) is 37.3 Å². The third-order valence-electron chi connectivity index (χ3n) is 3.94. The predicted octanol–water partition coefficient (Wildman–Crippen LogP) is 2.79. The molecule has 0 saturated carbocycles. The van der Waals surface area contributed by atoms with Gasteiger partial charge in [-0.2, -0.15) is 0 Å². The molecule has 0 aliphatic heterocycles. The molecule has 0 heterocycles. The van der Waals surface area contributed by atoms with E-state index >= 15 is 0 Å². The van der Waals surface area contributed by atoms with Crippen molar-refractivity contribution in [1.82, 2.24) is 9.79 Å². The van der Waals surface area contributed by atoms with Crippen molar-refractivity contribution in [1.29, 1.82) is 0 Å². The van der Waals surface area contributed by atoms with E-state index in [1.165, 1.54) is 38.4 Å². The topological polar surface area (TPSA) is 87.7 Å². The number of carbonyl (C=O) groups excluding carboxylic acids is 1. The molecule has 0 aliphatic carbocycles. The van der Waals surface area contributed by atoms with Gasteiger partial charge in [0.2, 0.25) is 0 Å². The molecule has 0 spiro atoms. The number of hydrogen-bond acceptors (Lipinski definition) is 4. The van der Waals surface area contributed by atoms with Crippen LogP contribution in [-0.2, 0) is 14.9 Å². The highest BCUT2D eigenvalue weighted by molar-refractivity contribution is 7.89. The first-order valence-corrected chi connectivity index (χ1v) is 9.51. The van der Waals surface area contributed by atoms with E-state index in [-0.39, 0.29) is 16.8 Å². The number of anilines is 1. The molecule has 2 amide bonds. The van der Waals surface area contributed by atoms with Gasteiger partial charge in [0.15, 0.2) is 0 Å². The van der Waals surface area contributed by atoms with Crippen molar-refractivity contribution in [2.24, 2.45) is 0 Å². The zero-order valence-corrected chi connectivity index (χ0v) is 15.8. The van der Waals surface area contributed by atoms with E-state index in [0.717, 1.165) is 10.0 Å². The van der Waals surface area contributed by atoms with Gasteiger partial charge in [0.25, 0.3) is 10.0 Å². The van der Waals surface area contributed by atoms with Crippen molar-refractivity contribution in [3.8, 4) is 0 Å². The maximum Gasteiger partial charge on any atom is 0.319 e. The fourth-order valence-corrected chi connectivity index (χ4v) is 3.25.